The van der Waals surface area contributed by atoms with Crippen LogP contribution >= 0.6 is 0 Å². The zero-order chi connectivity index (χ0) is 19.1. The van der Waals surface area contributed by atoms with Gasteiger partial charge in [0.2, 0.25) is 5.91 Å². The Kier molecular flexibility index (Phi) is 6.39. The lowest BCUT2D eigenvalue weighted by Crippen LogP contribution is -2.29. The number of carbonyl (C=O) groups is 1. The zero-order valence-electron chi connectivity index (χ0n) is 15.9. The molecule has 0 aliphatic rings. The summed E-state index contributed by atoms with van der Waals surface area (Å²) in [6.45, 7) is 1.44. The number of hydrogen-bond donors (Lipinski definition) is 1. The third kappa shape index (κ3) is 5.28. The molecule has 0 saturated heterocycles. The van der Waals surface area contributed by atoms with Crippen LogP contribution in [0.25, 0.3) is 0 Å². The summed E-state index contributed by atoms with van der Waals surface area (Å²) in [6, 6.07) is 28.3. The summed E-state index contributed by atoms with van der Waals surface area (Å²) in [6.07, 6.45) is 0. The molecule has 0 aliphatic carbocycles. The number of carbonyl (C=O) groups excluding carboxylic acids is 1. The van der Waals surface area contributed by atoms with Crippen LogP contribution in [0.2, 0.25) is 0 Å². The van der Waals surface area contributed by atoms with E-state index in [9.17, 15) is 4.79 Å². The molecular weight excluding hydrogens is 332 g/mol. The van der Waals surface area contributed by atoms with E-state index in [1.165, 1.54) is 5.56 Å². The third-order valence-corrected chi connectivity index (χ3v) is 4.52. The van der Waals surface area contributed by atoms with Crippen molar-refractivity contribution in [1.29, 1.82) is 0 Å². The Balaban J connectivity index is 1.72. The van der Waals surface area contributed by atoms with Crippen LogP contribution in [0.15, 0.2) is 84.9 Å². The van der Waals surface area contributed by atoms with Crippen molar-refractivity contribution in [3.63, 3.8) is 0 Å². The van der Waals surface area contributed by atoms with E-state index in [0.29, 0.717) is 6.54 Å². The quantitative estimate of drug-likeness (QED) is 0.687. The molecule has 0 heterocycles. The van der Waals surface area contributed by atoms with E-state index >= 15 is 0 Å². The Labute approximate surface area is 161 Å². The van der Waals surface area contributed by atoms with Gasteiger partial charge in [0.1, 0.15) is 0 Å². The number of rotatable bonds is 7. The summed E-state index contributed by atoms with van der Waals surface area (Å²) in [7, 11) is 4.11. The van der Waals surface area contributed by atoms with Crippen LogP contribution in [-0.2, 0) is 17.9 Å². The number of nitrogens with zero attached hydrogens (tertiary/aromatic N) is 1. The van der Waals surface area contributed by atoms with Gasteiger partial charge in [-0.1, -0.05) is 84.9 Å². The van der Waals surface area contributed by atoms with Crippen LogP contribution in [0.5, 0.6) is 0 Å². The lowest BCUT2D eigenvalue weighted by atomic mass is 9.90. The topological polar surface area (TPSA) is 32.3 Å². The summed E-state index contributed by atoms with van der Waals surface area (Å²) in [5.41, 5.74) is 4.37. The van der Waals surface area contributed by atoms with Gasteiger partial charge in [0.25, 0.3) is 0 Å². The number of benzene rings is 3. The predicted octanol–water partition coefficient (Wildman–Crippen LogP) is 4.20. The summed E-state index contributed by atoms with van der Waals surface area (Å²) in [5, 5.41) is 3.11. The van der Waals surface area contributed by atoms with E-state index in [4.69, 9.17) is 0 Å². The molecule has 3 heteroatoms. The highest BCUT2D eigenvalue weighted by Gasteiger charge is 2.22. The largest absolute Gasteiger partial charge is 0.351 e. The first-order valence-corrected chi connectivity index (χ1v) is 9.23. The van der Waals surface area contributed by atoms with Gasteiger partial charge in [-0.25, -0.2) is 0 Å². The molecule has 0 aromatic heterocycles. The highest BCUT2D eigenvalue weighted by Crippen LogP contribution is 2.24. The molecule has 3 rings (SSSR count). The smallest absolute Gasteiger partial charge is 0.232 e. The van der Waals surface area contributed by atoms with E-state index in [2.05, 4.69) is 48.6 Å². The molecule has 3 aromatic rings. The summed E-state index contributed by atoms with van der Waals surface area (Å²) < 4.78 is 0. The van der Waals surface area contributed by atoms with Crippen molar-refractivity contribution in [3.05, 3.63) is 107 Å². The Morgan fingerprint density at radius 1 is 0.778 bits per heavy atom. The van der Waals surface area contributed by atoms with Gasteiger partial charge in [-0.2, -0.15) is 0 Å². The summed E-state index contributed by atoms with van der Waals surface area (Å²) >= 11 is 0. The van der Waals surface area contributed by atoms with Crippen molar-refractivity contribution in [2.45, 2.75) is 19.0 Å². The maximum Gasteiger partial charge on any atom is 0.232 e. The lowest BCUT2D eigenvalue weighted by molar-refractivity contribution is -0.121. The van der Waals surface area contributed by atoms with Crippen LogP contribution in [0.1, 0.15) is 28.2 Å². The van der Waals surface area contributed by atoms with Crippen LogP contribution < -0.4 is 5.32 Å². The molecule has 0 unspecified atom stereocenters. The molecular formula is C24H26N2O. The zero-order valence-corrected chi connectivity index (χ0v) is 15.9. The number of amides is 1. The van der Waals surface area contributed by atoms with Crippen molar-refractivity contribution in [3.8, 4) is 0 Å². The van der Waals surface area contributed by atoms with Gasteiger partial charge in [0.15, 0.2) is 0 Å². The Morgan fingerprint density at radius 3 is 1.74 bits per heavy atom. The molecule has 27 heavy (non-hydrogen) atoms. The van der Waals surface area contributed by atoms with Gasteiger partial charge in [0.05, 0.1) is 5.92 Å². The second-order valence-electron chi connectivity index (χ2n) is 7.03. The van der Waals surface area contributed by atoms with Gasteiger partial charge in [-0.15, -0.1) is 0 Å². The van der Waals surface area contributed by atoms with Gasteiger partial charge in [-0.3, -0.25) is 4.79 Å². The number of hydrogen-bond acceptors (Lipinski definition) is 2. The van der Waals surface area contributed by atoms with E-state index < -0.39 is 0 Å². The van der Waals surface area contributed by atoms with Crippen LogP contribution in [0.3, 0.4) is 0 Å². The minimum atomic E-state index is -0.305. The molecule has 0 aliphatic heterocycles. The maximum atomic E-state index is 13.0. The Morgan fingerprint density at radius 2 is 1.26 bits per heavy atom. The van der Waals surface area contributed by atoms with Crippen molar-refractivity contribution in [2.75, 3.05) is 14.1 Å². The predicted molar refractivity (Wildman–Crippen MR) is 110 cm³/mol. The fourth-order valence-corrected chi connectivity index (χ4v) is 3.21. The second-order valence-corrected chi connectivity index (χ2v) is 7.03. The Bertz CT molecular complexity index is 803. The van der Waals surface area contributed by atoms with Crippen LogP contribution in [0.4, 0.5) is 0 Å². The van der Waals surface area contributed by atoms with E-state index in [-0.39, 0.29) is 11.8 Å². The highest BCUT2D eigenvalue weighted by molar-refractivity contribution is 5.87. The molecule has 138 valence electrons. The molecule has 0 radical (unpaired) electrons. The van der Waals surface area contributed by atoms with Crippen molar-refractivity contribution >= 4 is 5.91 Å². The SMILES string of the molecule is CN(C)Cc1ccc(CNC(=O)C(c2ccccc2)c2ccccc2)cc1. The molecule has 0 spiro atoms. The first-order chi connectivity index (χ1) is 13.1. The molecule has 1 amide bonds. The molecule has 3 aromatic carbocycles. The molecule has 0 bridgehead atoms. The van der Waals surface area contributed by atoms with E-state index in [1.54, 1.807) is 0 Å². The summed E-state index contributed by atoms with van der Waals surface area (Å²) in [4.78, 5) is 15.2. The average Bonchev–Trinajstić information content (AvgIpc) is 2.69. The highest BCUT2D eigenvalue weighted by atomic mass is 16.1. The fourth-order valence-electron chi connectivity index (χ4n) is 3.21. The molecule has 0 atom stereocenters. The monoisotopic (exact) mass is 358 g/mol. The third-order valence-electron chi connectivity index (χ3n) is 4.52. The standard InChI is InChI=1S/C24H26N2O/c1-26(2)18-20-15-13-19(14-16-20)17-25-24(27)23(21-9-5-3-6-10-21)22-11-7-4-8-12-22/h3-16,23H,17-18H2,1-2H3,(H,25,27). The molecule has 0 saturated carbocycles. The minimum Gasteiger partial charge on any atom is -0.351 e. The van der Waals surface area contributed by atoms with Crippen molar-refractivity contribution in [2.24, 2.45) is 0 Å². The van der Waals surface area contributed by atoms with Gasteiger partial charge in [-0.05, 0) is 36.3 Å². The first kappa shape index (κ1) is 18.9. The maximum absolute atomic E-state index is 13.0. The second kappa shape index (κ2) is 9.15. The number of nitrogens with one attached hydrogen (secondary N) is 1. The fraction of sp³-hybridized carbons (Fsp3) is 0.208. The minimum absolute atomic E-state index is 0.0183. The van der Waals surface area contributed by atoms with Gasteiger partial charge < -0.3 is 10.2 Å². The first-order valence-electron chi connectivity index (χ1n) is 9.23. The van der Waals surface area contributed by atoms with E-state index in [0.717, 1.165) is 23.2 Å². The van der Waals surface area contributed by atoms with Crippen LogP contribution in [0, 0.1) is 0 Å². The van der Waals surface area contributed by atoms with Gasteiger partial charge in [0, 0.05) is 13.1 Å². The molecule has 1 N–H and O–H groups in total. The van der Waals surface area contributed by atoms with E-state index in [1.807, 2.05) is 60.7 Å². The summed E-state index contributed by atoms with van der Waals surface area (Å²) in [5.74, 6) is -0.287. The van der Waals surface area contributed by atoms with Crippen molar-refractivity contribution < 1.29 is 4.79 Å². The molecule has 0 fully saturated rings. The van der Waals surface area contributed by atoms with Crippen LogP contribution in [-0.4, -0.2) is 24.9 Å². The van der Waals surface area contributed by atoms with Crippen molar-refractivity contribution in [1.82, 2.24) is 10.2 Å². The lowest BCUT2D eigenvalue weighted by Gasteiger charge is -2.18. The average molecular weight is 358 g/mol. The Hall–Kier alpha value is -2.91. The normalized spacial score (nSPS) is 11.0. The van der Waals surface area contributed by atoms with Gasteiger partial charge >= 0.3 is 0 Å². The molecule has 3 nitrogen and oxygen atoms in total.